The predicted molar refractivity (Wildman–Crippen MR) is 75.4 cm³/mol. The summed E-state index contributed by atoms with van der Waals surface area (Å²) in [5.41, 5.74) is 0.294. The van der Waals surface area contributed by atoms with Gasteiger partial charge in [0.25, 0.3) is 0 Å². The van der Waals surface area contributed by atoms with E-state index in [2.05, 4.69) is 15.2 Å². The molecule has 1 fully saturated rings. The standard InChI is InChI=1S/C11H15N3O2.2ClH/c15-11(16)9-2-4-13-10(8-9)14-6-1-3-12-5-7-14;;/h2,4,8,12H,1,3,5-7H2,(H,15,16);2*1H. The first-order valence-electron chi connectivity index (χ1n) is 5.42. The first kappa shape index (κ1) is 17.0. The highest BCUT2D eigenvalue weighted by molar-refractivity contribution is 5.88. The maximum Gasteiger partial charge on any atom is 0.335 e. The second-order valence-electron chi connectivity index (χ2n) is 3.80. The van der Waals surface area contributed by atoms with Gasteiger partial charge in [0.05, 0.1) is 5.56 Å². The Hall–Kier alpha value is -1.04. The molecular weight excluding hydrogens is 277 g/mol. The lowest BCUT2D eigenvalue weighted by Crippen LogP contribution is -2.28. The fourth-order valence-electron chi connectivity index (χ4n) is 1.80. The van der Waals surface area contributed by atoms with E-state index in [0.29, 0.717) is 5.56 Å². The highest BCUT2D eigenvalue weighted by Gasteiger charge is 2.12. The highest BCUT2D eigenvalue weighted by atomic mass is 35.5. The summed E-state index contributed by atoms with van der Waals surface area (Å²) in [7, 11) is 0. The van der Waals surface area contributed by atoms with Crippen LogP contribution in [0.4, 0.5) is 5.82 Å². The van der Waals surface area contributed by atoms with Crippen molar-refractivity contribution < 1.29 is 9.90 Å². The topological polar surface area (TPSA) is 65.5 Å². The number of pyridine rings is 1. The Kier molecular flexibility index (Phi) is 7.66. The quantitative estimate of drug-likeness (QED) is 0.863. The molecule has 18 heavy (non-hydrogen) atoms. The van der Waals surface area contributed by atoms with Crippen LogP contribution in [0.2, 0.25) is 0 Å². The number of halogens is 2. The molecule has 1 aromatic heterocycles. The van der Waals surface area contributed by atoms with Gasteiger partial charge >= 0.3 is 5.97 Å². The summed E-state index contributed by atoms with van der Waals surface area (Å²) in [5, 5.41) is 12.2. The zero-order valence-corrected chi connectivity index (χ0v) is 11.5. The molecule has 0 radical (unpaired) electrons. The molecule has 0 amide bonds. The Morgan fingerprint density at radius 2 is 2.11 bits per heavy atom. The summed E-state index contributed by atoms with van der Waals surface area (Å²) in [5.74, 6) is -0.153. The van der Waals surface area contributed by atoms with Crippen LogP contribution < -0.4 is 10.2 Å². The van der Waals surface area contributed by atoms with E-state index in [1.807, 2.05) is 0 Å². The SMILES string of the molecule is Cl.Cl.O=C(O)c1ccnc(N2CCCNCC2)c1. The molecule has 0 atom stereocenters. The van der Waals surface area contributed by atoms with Gasteiger partial charge in [-0.05, 0) is 25.1 Å². The Bertz CT molecular complexity index is 382. The number of aromatic carboxylic acids is 1. The van der Waals surface area contributed by atoms with Crippen LogP contribution in [0.5, 0.6) is 0 Å². The molecule has 102 valence electrons. The summed E-state index contributed by atoms with van der Waals surface area (Å²) < 4.78 is 0. The summed E-state index contributed by atoms with van der Waals surface area (Å²) in [6.07, 6.45) is 2.61. The number of carboxylic acids is 1. The molecule has 1 aromatic rings. The van der Waals surface area contributed by atoms with Crippen molar-refractivity contribution >= 4 is 36.6 Å². The molecule has 1 aliphatic rings. The van der Waals surface area contributed by atoms with E-state index < -0.39 is 5.97 Å². The summed E-state index contributed by atoms with van der Waals surface area (Å²) in [4.78, 5) is 17.2. The Labute approximate surface area is 118 Å². The largest absolute Gasteiger partial charge is 0.478 e. The second-order valence-corrected chi connectivity index (χ2v) is 3.80. The lowest BCUT2D eigenvalue weighted by molar-refractivity contribution is 0.0697. The van der Waals surface area contributed by atoms with Crippen LogP contribution in [0.3, 0.4) is 0 Å². The Morgan fingerprint density at radius 1 is 1.33 bits per heavy atom. The Morgan fingerprint density at radius 3 is 2.83 bits per heavy atom. The van der Waals surface area contributed by atoms with E-state index >= 15 is 0 Å². The van der Waals surface area contributed by atoms with Crippen LogP contribution >= 0.6 is 24.8 Å². The molecule has 2 rings (SSSR count). The van der Waals surface area contributed by atoms with Crippen molar-refractivity contribution in [2.24, 2.45) is 0 Å². The van der Waals surface area contributed by atoms with Gasteiger partial charge < -0.3 is 15.3 Å². The molecule has 0 unspecified atom stereocenters. The first-order chi connectivity index (χ1) is 7.77. The number of aromatic nitrogens is 1. The third-order valence-corrected chi connectivity index (χ3v) is 2.66. The maximum absolute atomic E-state index is 10.8. The minimum Gasteiger partial charge on any atom is -0.478 e. The Balaban J connectivity index is 0.00000144. The number of nitrogens with one attached hydrogen (secondary N) is 1. The molecule has 0 spiro atoms. The molecule has 0 aromatic carbocycles. The zero-order chi connectivity index (χ0) is 11.4. The second kappa shape index (κ2) is 8.13. The number of anilines is 1. The monoisotopic (exact) mass is 293 g/mol. The van der Waals surface area contributed by atoms with E-state index in [1.165, 1.54) is 6.07 Å². The van der Waals surface area contributed by atoms with Gasteiger partial charge in [0.2, 0.25) is 0 Å². The van der Waals surface area contributed by atoms with E-state index in [1.54, 1.807) is 12.3 Å². The van der Waals surface area contributed by atoms with Crippen molar-refractivity contribution in [3.05, 3.63) is 23.9 Å². The third-order valence-electron chi connectivity index (χ3n) is 2.66. The number of nitrogens with zero attached hydrogens (tertiary/aromatic N) is 2. The summed E-state index contributed by atoms with van der Waals surface area (Å²) in [6, 6.07) is 3.15. The minimum atomic E-state index is -0.906. The van der Waals surface area contributed by atoms with Crippen LogP contribution in [-0.2, 0) is 0 Å². The van der Waals surface area contributed by atoms with E-state index in [9.17, 15) is 4.79 Å². The van der Waals surface area contributed by atoms with Crippen molar-refractivity contribution in [2.45, 2.75) is 6.42 Å². The van der Waals surface area contributed by atoms with Crippen molar-refractivity contribution in [3.8, 4) is 0 Å². The van der Waals surface area contributed by atoms with Crippen LogP contribution in [0.15, 0.2) is 18.3 Å². The van der Waals surface area contributed by atoms with Gasteiger partial charge in [-0.15, -0.1) is 24.8 Å². The third kappa shape index (κ3) is 4.33. The first-order valence-corrected chi connectivity index (χ1v) is 5.42. The van der Waals surface area contributed by atoms with Gasteiger partial charge in [0.15, 0.2) is 0 Å². The zero-order valence-electron chi connectivity index (χ0n) is 9.83. The van der Waals surface area contributed by atoms with Gasteiger partial charge in [0.1, 0.15) is 5.82 Å². The average Bonchev–Trinajstić information content (AvgIpc) is 2.57. The number of hydrogen-bond donors (Lipinski definition) is 2. The maximum atomic E-state index is 10.8. The van der Waals surface area contributed by atoms with E-state index in [0.717, 1.165) is 38.4 Å². The number of hydrogen-bond acceptors (Lipinski definition) is 4. The van der Waals surface area contributed by atoms with E-state index in [4.69, 9.17) is 5.11 Å². The lowest BCUT2D eigenvalue weighted by atomic mass is 10.2. The van der Waals surface area contributed by atoms with Crippen LogP contribution in [0.1, 0.15) is 16.8 Å². The molecule has 0 saturated carbocycles. The minimum absolute atomic E-state index is 0. The molecule has 0 bridgehead atoms. The van der Waals surface area contributed by atoms with Crippen LogP contribution in [0.25, 0.3) is 0 Å². The van der Waals surface area contributed by atoms with Gasteiger partial charge in [-0.1, -0.05) is 0 Å². The van der Waals surface area contributed by atoms with Crippen LogP contribution in [0, 0.1) is 0 Å². The van der Waals surface area contributed by atoms with Crippen molar-refractivity contribution in [2.75, 3.05) is 31.1 Å². The fraction of sp³-hybridized carbons (Fsp3) is 0.455. The van der Waals surface area contributed by atoms with Gasteiger partial charge in [-0.3, -0.25) is 0 Å². The van der Waals surface area contributed by atoms with Gasteiger partial charge in [0, 0.05) is 25.8 Å². The predicted octanol–water partition coefficient (Wildman–Crippen LogP) is 1.42. The number of carboxylic acid groups (broad SMARTS) is 1. The van der Waals surface area contributed by atoms with Gasteiger partial charge in [-0.2, -0.15) is 0 Å². The fourth-order valence-corrected chi connectivity index (χ4v) is 1.80. The molecule has 2 heterocycles. The summed E-state index contributed by atoms with van der Waals surface area (Å²) in [6.45, 7) is 3.72. The highest BCUT2D eigenvalue weighted by Crippen LogP contribution is 2.13. The normalized spacial score (nSPS) is 15.0. The average molecular weight is 294 g/mol. The van der Waals surface area contributed by atoms with Crippen molar-refractivity contribution in [1.82, 2.24) is 10.3 Å². The molecular formula is C11H17Cl2N3O2. The van der Waals surface area contributed by atoms with Crippen LogP contribution in [-0.4, -0.2) is 42.2 Å². The van der Waals surface area contributed by atoms with Crippen molar-refractivity contribution in [3.63, 3.8) is 0 Å². The number of carbonyl (C=O) groups is 1. The lowest BCUT2D eigenvalue weighted by Gasteiger charge is -2.20. The van der Waals surface area contributed by atoms with E-state index in [-0.39, 0.29) is 24.8 Å². The van der Waals surface area contributed by atoms with Crippen molar-refractivity contribution in [1.29, 1.82) is 0 Å². The number of rotatable bonds is 2. The molecule has 5 nitrogen and oxygen atoms in total. The van der Waals surface area contributed by atoms with Gasteiger partial charge in [-0.25, -0.2) is 9.78 Å². The molecule has 0 aliphatic carbocycles. The molecule has 1 saturated heterocycles. The molecule has 1 aliphatic heterocycles. The smallest absolute Gasteiger partial charge is 0.335 e. The summed E-state index contributed by atoms with van der Waals surface area (Å²) >= 11 is 0. The molecule has 2 N–H and O–H groups in total. The molecule has 7 heteroatoms.